The van der Waals surface area contributed by atoms with Gasteiger partial charge < -0.3 is 5.73 Å². The van der Waals surface area contributed by atoms with E-state index in [0.717, 1.165) is 25.5 Å². The fourth-order valence-corrected chi connectivity index (χ4v) is 3.90. The molecule has 0 spiro atoms. The molecule has 0 aliphatic rings. The number of nitrogen functional groups attached to an aromatic ring is 1. The zero-order valence-electron chi connectivity index (χ0n) is 12.1. The van der Waals surface area contributed by atoms with E-state index in [2.05, 4.69) is 65.2 Å². The molecule has 3 rings (SSSR count). The Balaban J connectivity index is 2.25. The summed E-state index contributed by atoms with van der Waals surface area (Å²) in [7, 11) is 1.88. The van der Waals surface area contributed by atoms with Crippen LogP contribution >= 0.6 is 27.3 Å². The lowest BCUT2D eigenvalue weighted by Crippen LogP contribution is -1.98. The molecular weight excluding hydrogens is 346 g/mol. The molecule has 0 atom stereocenters. The van der Waals surface area contributed by atoms with Gasteiger partial charge in [0.2, 0.25) is 0 Å². The SMILES string of the molecule is Cc1cccc(-c2c(-c3cc(C)c(Br)s3)nn(C)c2N)c1. The summed E-state index contributed by atoms with van der Waals surface area (Å²) in [4.78, 5) is 1.13. The van der Waals surface area contributed by atoms with E-state index in [1.54, 1.807) is 16.0 Å². The van der Waals surface area contributed by atoms with E-state index >= 15 is 0 Å². The first-order valence-electron chi connectivity index (χ1n) is 6.63. The van der Waals surface area contributed by atoms with Crippen LogP contribution in [0.1, 0.15) is 11.1 Å². The molecule has 0 amide bonds. The molecule has 2 aromatic heterocycles. The summed E-state index contributed by atoms with van der Waals surface area (Å²) in [6.07, 6.45) is 0. The summed E-state index contributed by atoms with van der Waals surface area (Å²) in [5.74, 6) is 0.692. The van der Waals surface area contributed by atoms with Crippen LogP contribution in [0.2, 0.25) is 0 Å². The second-order valence-corrected chi connectivity index (χ2v) is 7.54. The lowest BCUT2D eigenvalue weighted by Gasteiger charge is -2.04. The van der Waals surface area contributed by atoms with Gasteiger partial charge in [-0.25, -0.2) is 0 Å². The number of benzene rings is 1. The molecule has 0 radical (unpaired) electrons. The summed E-state index contributed by atoms with van der Waals surface area (Å²) in [6, 6.07) is 10.5. The van der Waals surface area contributed by atoms with Crippen LogP contribution in [0.15, 0.2) is 34.1 Å². The molecule has 1 aromatic carbocycles. The zero-order chi connectivity index (χ0) is 15.1. The van der Waals surface area contributed by atoms with Gasteiger partial charge in [-0.1, -0.05) is 29.8 Å². The van der Waals surface area contributed by atoms with Gasteiger partial charge in [0.1, 0.15) is 11.5 Å². The molecule has 108 valence electrons. The summed E-state index contributed by atoms with van der Waals surface area (Å²) < 4.78 is 2.88. The van der Waals surface area contributed by atoms with Crippen LogP contribution in [0.5, 0.6) is 0 Å². The van der Waals surface area contributed by atoms with Gasteiger partial charge in [0.15, 0.2) is 0 Å². The van der Waals surface area contributed by atoms with Crippen molar-refractivity contribution in [1.82, 2.24) is 9.78 Å². The fourth-order valence-electron chi connectivity index (χ4n) is 2.37. The second-order valence-electron chi connectivity index (χ2n) is 5.17. The molecule has 0 bridgehead atoms. The highest BCUT2D eigenvalue weighted by atomic mass is 79.9. The molecule has 0 aliphatic heterocycles. The van der Waals surface area contributed by atoms with Crippen LogP contribution in [0.25, 0.3) is 21.7 Å². The van der Waals surface area contributed by atoms with Crippen LogP contribution in [0, 0.1) is 13.8 Å². The van der Waals surface area contributed by atoms with Crippen LogP contribution in [-0.2, 0) is 7.05 Å². The van der Waals surface area contributed by atoms with Crippen LogP contribution in [0.4, 0.5) is 5.82 Å². The van der Waals surface area contributed by atoms with E-state index in [4.69, 9.17) is 5.73 Å². The number of anilines is 1. The summed E-state index contributed by atoms with van der Waals surface area (Å²) >= 11 is 5.27. The predicted octanol–water partition coefficient (Wildman–Crippen LogP) is 4.78. The highest BCUT2D eigenvalue weighted by Gasteiger charge is 2.19. The molecule has 3 nitrogen and oxygen atoms in total. The largest absolute Gasteiger partial charge is 0.383 e. The molecule has 0 saturated carbocycles. The van der Waals surface area contributed by atoms with Crippen molar-refractivity contribution in [2.24, 2.45) is 7.05 Å². The smallest absolute Gasteiger partial charge is 0.129 e. The van der Waals surface area contributed by atoms with E-state index < -0.39 is 0 Å². The fraction of sp³-hybridized carbons (Fsp3) is 0.188. The maximum atomic E-state index is 6.26. The monoisotopic (exact) mass is 361 g/mol. The number of nitrogens with zero attached hydrogens (tertiary/aromatic N) is 2. The number of halogens is 1. The van der Waals surface area contributed by atoms with Gasteiger partial charge in [-0.2, -0.15) is 5.10 Å². The third-order valence-electron chi connectivity index (χ3n) is 3.49. The number of thiophene rings is 1. The van der Waals surface area contributed by atoms with Gasteiger partial charge in [0, 0.05) is 7.05 Å². The Labute approximate surface area is 136 Å². The van der Waals surface area contributed by atoms with Crippen molar-refractivity contribution in [1.29, 1.82) is 0 Å². The number of aryl methyl sites for hydroxylation is 3. The van der Waals surface area contributed by atoms with Crippen molar-refractivity contribution in [3.8, 4) is 21.7 Å². The van der Waals surface area contributed by atoms with E-state index in [9.17, 15) is 0 Å². The lowest BCUT2D eigenvalue weighted by molar-refractivity contribution is 0.783. The van der Waals surface area contributed by atoms with Crippen molar-refractivity contribution in [3.05, 3.63) is 45.2 Å². The molecule has 0 fully saturated rings. The van der Waals surface area contributed by atoms with Gasteiger partial charge in [0.25, 0.3) is 0 Å². The second kappa shape index (κ2) is 5.31. The Bertz CT molecular complexity index is 798. The summed E-state index contributed by atoms with van der Waals surface area (Å²) in [6.45, 7) is 4.17. The molecule has 0 saturated heterocycles. The molecule has 3 aromatic rings. The van der Waals surface area contributed by atoms with Crippen molar-refractivity contribution in [3.63, 3.8) is 0 Å². The minimum atomic E-state index is 0.692. The summed E-state index contributed by atoms with van der Waals surface area (Å²) in [5.41, 5.74) is 11.8. The highest BCUT2D eigenvalue weighted by molar-refractivity contribution is 9.11. The van der Waals surface area contributed by atoms with Crippen LogP contribution < -0.4 is 5.73 Å². The van der Waals surface area contributed by atoms with Gasteiger partial charge >= 0.3 is 0 Å². The van der Waals surface area contributed by atoms with E-state index in [1.807, 2.05) is 7.05 Å². The number of hydrogen-bond acceptors (Lipinski definition) is 3. The normalized spacial score (nSPS) is 11.0. The van der Waals surface area contributed by atoms with Crippen molar-refractivity contribution in [2.75, 3.05) is 5.73 Å². The first kappa shape index (κ1) is 14.4. The Kier molecular flexibility index (Phi) is 3.63. The van der Waals surface area contributed by atoms with Crippen LogP contribution in [-0.4, -0.2) is 9.78 Å². The average molecular weight is 362 g/mol. The molecule has 0 aliphatic carbocycles. The zero-order valence-corrected chi connectivity index (χ0v) is 14.5. The van der Waals surface area contributed by atoms with Gasteiger partial charge in [0.05, 0.1) is 14.2 Å². The van der Waals surface area contributed by atoms with Crippen molar-refractivity contribution >= 4 is 33.1 Å². The van der Waals surface area contributed by atoms with E-state index in [1.165, 1.54) is 11.1 Å². The standard InChI is InChI=1S/C16H16BrN3S/c1-9-5-4-6-11(7-9)13-14(19-20(3)16(13)18)12-8-10(2)15(17)21-12/h4-8H,18H2,1-3H3. The van der Waals surface area contributed by atoms with Gasteiger partial charge in [-0.3, -0.25) is 4.68 Å². The Morgan fingerprint density at radius 1 is 1.24 bits per heavy atom. The molecule has 21 heavy (non-hydrogen) atoms. The molecule has 2 heterocycles. The first-order chi connectivity index (χ1) is 9.97. The third kappa shape index (κ3) is 2.51. The molecular formula is C16H16BrN3S. The van der Waals surface area contributed by atoms with Gasteiger partial charge in [-0.15, -0.1) is 11.3 Å². The van der Waals surface area contributed by atoms with Crippen molar-refractivity contribution in [2.45, 2.75) is 13.8 Å². The minimum absolute atomic E-state index is 0.692. The quantitative estimate of drug-likeness (QED) is 0.713. The number of hydrogen-bond donors (Lipinski definition) is 1. The topological polar surface area (TPSA) is 43.8 Å². The average Bonchev–Trinajstić information content (AvgIpc) is 2.91. The Morgan fingerprint density at radius 2 is 2.00 bits per heavy atom. The van der Waals surface area contributed by atoms with Crippen molar-refractivity contribution < 1.29 is 0 Å². The highest BCUT2D eigenvalue weighted by Crippen LogP contribution is 2.41. The van der Waals surface area contributed by atoms with Crippen LogP contribution in [0.3, 0.4) is 0 Å². The molecule has 0 unspecified atom stereocenters. The number of rotatable bonds is 2. The predicted molar refractivity (Wildman–Crippen MR) is 93.5 cm³/mol. The summed E-state index contributed by atoms with van der Waals surface area (Å²) in [5, 5.41) is 4.62. The maximum absolute atomic E-state index is 6.26. The Hall–Kier alpha value is -1.59. The first-order valence-corrected chi connectivity index (χ1v) is 8.24. The number of aromatic nitrogens is 2. The molecule has 2 N–H and O–H groups in total. The molecule has 5 heteroatoms. The Morgan fingerprint density at radius 3 is 2.62 bits per heavy atom. The number of nitrogens with two attached hydrogens (primary N) is 1. The third-order valence-corrected chi connectivity index (χ3v) is 5.63. The minimum Gasteiger partial charge on any atom is -0.383 e. The van der Waals surface area contributed by atoms with E-state index in [-0.39, 0.29) is 0 Å². The lowest BCUT2D eigenvalue weighted by atomic mass is 10.0. The van der Waals surface area contributed by atoms with Gasteiger partial charge in [-0.05, 0) is 47.0 Å². The van der Waals surface area contributed by atoms with E-state index in [0.29, 0.717) is 5.82 Å². The maximum Gasteiger partial charge on any atom is 0.129 e.